The first kappa shape index (κ1) is 23.7. The third-order valence-corrected chi connectivity index (χ3v) is 5.42. The second-order valence-electron chi connectivity index (χ2n) is 7.71. The van der Waals surface area contributed by atoms with Gasteiger partial charge in [-0.05, 0) is 54.5 Å². The molecule has 4 rings (SSSR count). The molecule has 8 heteroatoms. The number of allylic oxidation sites excluding steroid dienone is 1. The smallest absolute Gasteiger partial charge is 0.262 e. The van der Waals surface area contributed by atoms with Crippen LogP contribution < -0.4 is 29.0 Å². The van der Waals surface area contributed by atoms with E-state index >= 15 is 0 Å². The van der Waals surface area contributed by atoms with Crippen molar-refractivity contribution in [2.75, 3.05) is 33.3 Å². The van der Waals surface area contributed by atoms with Gasteiger partial charge in [-0.25, -0.2) is 0 Å². The zero-order valence-electron chi connectivity index (χ0n) is 19.8. The second-order valence-corrected chi connectivity index (χ2v) is 7.71. The summed E-state index contributed by atoms with van der Waals surface area (Å²) in [7, 11) is 4.55. The number of hydrogen-bond donors (Lipinski definition) is 1. The van der Waals surface area contributed by atoms with Crippen LogP contribution in [0.1, 0.15) is 21.5 Å². The summed E-state index contributed by atoms with van der Waals surface area (Å²) in [6.07, 6.45) is 1.60. The molecule has 35 heavy (non-hydrogen) atoms. The minimum atomic E-state index is -0.292. The Kier molecular flexibility index (Phi) is 6.91. The number of para-hydroxylation sites is 1. The van der Waals surface area contributed by atoms with Crippen LogP contribution in [0.5, 0.6) is 28.7 Å². The molecule has 1 amide bonds. The highest BCUT2D eigenvalue weighted by Crippen LogP contribution is 2.40. The molecule has 1 aliphatic rings. The number of nitrogens with one attached hydrogen (secondary N) is 1. The molecular weight excluding hydrogens is 450 g/mol. The summed E-state index contributed by atoms with van der Waals surface area (Å²) < 4.78 is 27.5. The molecule has 3 aromatic carbocycles. The van der Waals surface area contributed by atoms with E-state index in [4.69, 9.17) is 23.7 Å². The van der Waals surface area contributed by atoms with E-state index in [-0.39, 0.29) is 24.1 Å². The number of carbonyl (C=O) groups excluding carboxylic acids is 2. The van der Waals surface area contributed by atoms with Crippen LogP contribution in [-0.2, 0) is 4.79 Å². The van der Waals surface area contributed by atoms with Gasteiger partial charge in [0.2, 0.25) is 11.5 Å². The lowest BCUT2D eigenvalue weighted by molar-refractivity contribution is -0.118. The van der Waals surface area contributed by atoms with Crippen molar-refractivity contribution < 1.29 is 33.3 Å². The molecule has 1 heterocycles. The fourth-order valence-corrected chi connectivity index (χ4v) is 3.64. The van der Waals surface area contributed by atoms with Crippen molar-refractivity contribution in [3.63, 3.8) is 0 Å². The molecule has 0 spiro atoms. The van der Waals surface area contributed by atoms with Gasteiger partial charge < -0.3 is 29.0 Å². The maximum Gasteiger partial charge on any atom is 0.262 e. The zero-order valence-corrected chi connectivity index (χ0v) is 19.8. The third-order valence-electron chi connectivity index (χ3n) is 5.42. The van der Waals surface area contributed by atoms with E-state index in [9.17, 15) is 9.59 Å². The molecule has 3 aromatic rings. The SMILES string of the molecule is COc1cc(C=C2Oc3cc(OCC(=O)Nc4ccccc4C)ccc3C2=O)cc(OC)c1OC. The van der Waals surface area contributed by atoms with Crippen molar-refractivity contribution in [3.8, 4) is 28.7 Å². The Morgan fingerprint density at radius 1 is 0.971 bits per heavy atom. The first-order valence-corrected chi connectivity index (χ1v) is 10.8. The topological polar surface area (TPSA) is 92.3 Å². The number of amides is 1. The van der Waals surface area contributed by atoms with Crippen LogP contribution in [0.2, 0.25) is 0 Å². The van der Waals surface area contributed by atoms with Crippen LogP contribution in [-0.4, -0.2) is 39.6 Å². The molecule has 0 radical (unpaired) electrons. The Bertz CT molecular complexity index is 1290. The van der Waals surface area contributed by atoms with Crippen molar-refractivity contribution in [1.29, 1.82) is 0 Å². The van der Waals surface area contributed by atoms with E-state index in [1.165, 1.54) is 21.3 Å². The van der Waals surface area contributed by atoms with Gasteiger partial charge in [0.1, 0.15) is 11.5 Å². The normalized spacial score (nSPS) is 13.1. The van der Waals surface area contributed by atoms with Gasteiger partial charge in [-0.1, -0.05) is 18.2 Å². The van der Waals surface area contributed by atoms with E-state index in [0.717, 1.165) is 11.3 Å². The number of fused-ring (bicyclic) bond motifs is 1. The molecule has 1 aliphatic heterocycles. The summed E-state index contributed by atoms with van der Waals surface area (Å²) >= 11 is 0. The lowest BCUT2D eigenvalue weighted by atomic mass is 10.1. The predicted octanol–water partition coefficient (Wildman–Crippen LogP) is 4.65. The van der Waals surface area contributed by atoms with Crippen LogP contribution in [0, 0.1) is 6.92 Å². The van der Waals surface area contributed by atoms with Crippen LogP contribution in [0.3, 0.4) is 0 Å². The molecule has 8 nitrogen and oxygen atoms in total. The Morgan fingerprint density at radius 2 is 1.69 bits per heavy atom. The molecule has 0 aliphatic carbocycles. The third kappa shape index (κ3) is 5.06. The number of rotatable bonds is 8. The summed E-state index contributed by atoms with van der Waals surface area (Å²) in [4.78, 5) is 25.1. The fourth-order valence-electron chi connectivity index (χ4n) is 3.64. The largest absolute Gasteiger partial charge is 0.493 e. The molecule has 0 aromatic heterocycles. The number of Topliss-reactive ketones (excluding diaryl/α,β-unsaturated/α-hetero) is 1. The first-order chi connectivity index (χ1) is 16.9. The maximum atomic E-state index is 12.9. The number of hydrogen-bond acceptors (Lipinski definition) is 7. The lowest BCUT2D eigenvalue weighted by Crippen LogP contribution is -2.20. The molecule has 0 saturated heterocycles. The average molecular weight is 475 g/mol. The van der Waals surface area contributed by atoms with E-state index in [1.54, 1.807) is 36.4 Å². The minimum Gasteiger partial charge on any atom is -0.493 e. The summed E-state index contributed by atoms with van der Waals surface area (Å²) in [6, 6.07) is 15.7. The monoisotopic (exact) mass is 475 g/mol. The van der Waals surface area contributed by atoms with Crippen molar-refractivity contribution in [2.45, 2.75) is 6.92 Å². The Morgan fingerprint density at radius 3 is 2.34 bits per heavy atom. The van der Waals surface area contributed by atoms with Gasteiger partial charge in [0.25, 0.3) is 5.91 Å². The van der Waals surface area contributed by atoms with Crippen molar-refractivity contribution in [3.05, 3.63) is 77.0 Å². The van der Waals surface area contributed by atoms with Gasteiger partial charge in [0, 0.05) is 11.8 Å². The van der Waals surface area contributed by atoms with Crippen LogP contribution in [0.25, 0.3) is 6.08 Å². The molecule has 0 bridgehead atoms. The molecule has 1 N–H and O–H groups in total. The molecule has 0 fully saturated rings. The van der Waals surface area contributed by atoms with Gasteiger partial charge in [0.05, 0.1) is 26.9 Å². The van der Waals surface area contributed by atoms with Gasteiger partial charge in [-0.3, -0.25) is 9.59 Å². The number of aryl methyl sites for hydroxylation is 1. The standard InChI is InChI=1S/C27H25NO7/c1-16-7-5-6-8-20(16)28-25(29)15-34-18-9-10-19-21(14-18)35-22(26(19)30)11-17-12-23(31-2)27(33-4)24(13-17)32-3/h5-14H,15H2,1-4H3,(H,28,29). The fraction of sp³-hybridized carbons (Fsp3) is 0.185. The number of methoxy groups -OCH3 is 3. The summed E-state index contributed by atoms with van der Waals surface area (Å²) in [5.74, 6) is 1.71. The number of carbonyl (C=O) groups is 2. The number of ketones is 1. The number of anilines is 1. The molecule has 0 atom stereocenters. The second kappa shape index (κ2) is 10.2. The molecule has 0 saturated carbocycles. The summed E-state index contributed by atoms with van der Waals surface area (Å²) in [5, 5.41) is 2.81. The van der Waals surface area contributed by atoms with Crippen LogP contribution in [0.4, 0.5) is 5.69 Å². The predicted molar refractivity (Wildman–Crippen MR) is 131 cm³/mol. The highest BCUT2D eigenvalue weighted by Gasteiger charge is 2.28. The van der Waals surface area contributed by atoms with E-state index in [0.29, 0.717) is 39.9 Å². The summed E-state index contributed by atoms with van der Waals surface area (Å²) in [6.45, 7) is 1.73. The highest BCUT2D eigenvalue weighted by molar-refractivity contribution is 6.14. The van der Waals surface area contributed by atoms with Crippen LogP contribution in [0.15, 0.2) is 60.4 Å². The van der Waals surface area contributed by atoms with E-state index < -0.39 is 0 Å². The van der Waals surface area contributed by atoms with Crippen LogP contribution >= 0.6 is 0 Å². The van der Waals surface area contributed by atoms with Gasteiger partial charge in [0.15, 0.2) is 23.9 Å². The van der Waals surface area contributed by atoms with Gasteiger partial charge >= 0.3 is 0 Å². The van der Waals surface area contributed by atoms with E-state index in [1.807, 2.05) is 31.2 Å². The highest BCUT2D eigenvalue weighted by atomic mass is 16.5. The van der Waals surface area contributed by atoms with Gasteiger partial charge in [-0.2, -0.15) is 0 Å². The lowest BCUT2D eigenvalue weighted by Gasteiger charge is -2.13. The first-order valence-electron chi connectivity index (χ1n) is 10.8. The zero-order chi connectivity index (χ0) is 24.9. The summed E-state index contributed by atoms with van der Waals surface area (Å²) in [5.41, 5.74) is 2.72. The number of ether oxygens (including phenoxy) is 5. The van der Waals surface area contributed by atoms with Gasteiger partial charge in [-0.15, -0.1) is 0 Å². The molecule has 0 unspecified atom stereocenters. The average Bonchev–Trinajstić information content (AvgIpc) is 3.17. The molecular formula is C27H25NO7. The Balaban J connectivity index is 1.48. The quantitative estimate of drug-likeness (QED) is 0.474. The minimum absolute atomic E-state index is 0.142. The Labute approximate surface area is 203 Å². The molecule has 180 valence electrons. The van der Waals surface area contributed by atoms with E-state index in [2.05, 4.69) is 5.32 Å². The van der Waals surface area contributed by atoms with Crippen molar-refractivity contribution in [1.82, 2.24) is 0 Å². The van der Waals surface area contributed by atoms with Crippen molar-refractivity contribution >= 4 is 23.5 Å². The Hall–Kier alpha value is -4.46. The number of benzene rings is 3. The maximum absolute atomic E-state index is 12.9. The van der Waals surface area contributed by atoms with Crippen molar-refractivity contribution in [2.24, 2.45) is 0 Å².